The molecule has 0 aromatic heterocycles. The molecule has 0 bridgehead atoms. The molecule has 1 aromatic carbocycles. The van der Waals surface area contributed by atoms with E-state index in [9.17, 15) is 13.2 Å². The minimum absolute atomic E-state index is 0.0510. The highest BCUT2D eigenvalue weighted by Crippen LogP contribution is 2.32. The quantitative estimate of drug-likeness (QED) is 0.830. The van der Waals surface area contributed by atoms with Gasteiger partial charge in [-0.1, -0.05) is 0 Å². The molecular formula is C14H19F3N4S. The van der Waals surface area contributed by atoms with Gasteiger partial charge in [-0.15, -0.1) is 0 Å². The van der Waals surface area contributed by atoms with Crippen molar-refractivity contribution in [3.63, 3.8) is 0 Å². The number of benzene rings is 1. The first kappa shape index (κ1) is 17.0. The molecule has 3 N–H and O–H groups in total. The lowest BCUT2D eigenvalue weighted by Gasteiger charge is -2.32. The maximum Gasteiger partial charge on any atom is 0.416 e. The number of rotatable bonds is 3. The van der Waals surface area contributed by atoms with E-state index in [4.69, 9.17) is 18.0 Å². The number of likely N-dealkylation sites (N-methyl/N-ethyl adjacent to an activating group) is 1. The molecule has 1 saturated heterocycles. The van der Waals surface area contributed by atoms with Gasteiger partial charge in [-0.3, -0.25) is 4.90 Å². The Morgan fingerprint density at radius 1 is 1.23 bits per heavy atom. The van der Waals surface area contributed by atoms with Crippen LogP contribution in [0.4, 0.5) is 18.9 Å². The van der Waals surface area contributed by atoms with Crippen molar-refractivity contribution < 1.29 is 13.2 Å². The zero-order valence-corrected chi connectivity index (χ0v) is 13.1. The molecule has 1 aromatic rings. The number of halogens is 3. The maximum absolute atomic E-state index is 13.0. The first-order chi connectivity index (χ1) is 10.2. The van der Waals surface area contributed by atoms with Gasteiger partial charge in [-0.2, -0.15) is 13.2 Å². The fourth-order valence-electron chi connectivity index (χ4n) is 2.43. The number of nitrogens with one attached hydrogen (secondary N) is 1. The van der Waals surface area contributed by atoms with E-state index in [1.165, 1.54) is 6.07 Å². The van der Waals surface area contributed by atoms with Crippen LogP contribution >= 0.6 is 12.2 Å². The number of piperazine rings is 1. The molecule has 1 heterocycles. The van der Waals surface area contributed by atoms with Crippen molar-refractivity contribution >= 4 is 23.0 Å². The van der Waals surface area contributed by atoms with Gasteiger partial charge in [0, 0.05) is 38.4 Å². The molecule has 122 valence electrons. The second-order valence-electron chi connectivity index (χ2n) is 5.49. The monoisotopic (exact) mass is 332 g/mol. The molecule has 1 aliphatic heterocycles. The highest BCUT2D eigenvalue weighted by Gasteiger charge is 2.31. The summed E-state index contributed by atoms with van der Waals surface area (Å²) in [6.45, 7) is 3.98. The van der Waals surface area contributed by atoms with E-state index in [1.54, 1.807) is 6.07 Å². The van der Waals surface area contributed by atoms with Gasteiger partial charge in [0.2, 0.25) is 0 Å². The Labute approximate surface area is 133 Å². The first-order valence-electron chi connectivity index (χ1n) is 6.92. The molecule has 8 heteroatoms. The second-order valence-corrected chi connectivity index (χ2v) is 5.92. The number of nitrogens with two attached hydrogens (primary N) is 1. The normalized spacial score (nSPS) is 17.5. The Morgan fingerprint density at radius 3 is 2.41 bits per heavy atom. The third kappa shape index (κ3) is 4.82. The third-order valence-electron chi connectivity index (χ3n) is 3.59. The molecule has 0 spiro atoms. The Hall–Kier alpha value is -1.38. The summed E-state index contributed by atoms with van der Waals surface area (Å²) in [5.74, 6) is 0. The number of hydrogen-bond acceptors (Lipinski definition) is 3. The van der Waals surface area contributed by atoms with Gasteiger partial charge in [0.05, 0.1) is 5.56 Å². The van der Waals surface area contributed by atoms with E-state index in [2.05, 4.69) is 15.1 Å². The van der Waals surface area contributed by atoms with Gasteiger partial charge in [0.25, 0.3) is 0 Å². The largest absolute Gasteiger partial charge is 0.416 e. The molecule has 0 unspecified atom stereocenters. The molecule has 0 atom stereocenters. The van der Waals surface area contributed by atoms with Crippen LogP contribution in [0, 0.1) is 0 Å². The minimum Gasteiger partial charge on any atom is -0.376 e. The second kappa shape index (κ2) is 6.80. The van der Waals surface area contributed by atoms with Crippen molar-refractivity contribution in [3.05, 3.63) is 29.3 Å². The highest BCUT2D eigenvalue weighted by molar-refractivity contribution is 7.80. The predicted molar refractivity (Wildman–Crippen MR) is 84.6 cm³/mol. The summed E-state index contributed by atoms with van der Waals surface area (Å²) in [6, 6.07) is 3.86. The third-order valence-corrected chi connectivity index (χ3v) is 3.69. The fraction of sp³-hybridized carbons (Fsp3) is 0.500. The van der Waals surface area contributed by atoms with E-state index in [0.717, 1.165) is 32.2 Å². The summed E-state index contributed by atoms with van der Waals surface area (Å²) in [5, 5.41) is 2.53. The Balaban J connectivity index is 2.20. The molecular weight excluding hydrogens is 313 g/mol. The summed E-state index contributed by atoms with van der Waals surface area (Å²) in [4.78, 5) is 4.34. The van der Waals surface area contributed by atoms with E-state index < -0.39 is 11.7 Å². The average molecular weight is 332 g/mol. The molecule has 0 amide bonds. The zero-order chi connectivity index (χ0) is 16.3. The molecule has 1 aliphatic rings. The smallest absolute Gasteiger partial charge is 0.376 e. The number of anilines is 1. The summed E-state index contributed by atoms with van der Waals surface area (Å²) in [7, 11) is 2.03. The summed E-state index contributed by atoms with van der Waals surface area (Å²) < 4.78 is 39.0. The van der Waals surface area contributed by atoms with Crippen LogP contribution in [0.2, 0.25) is 0 Å². The lowest BCUT2D eigenvalue weighted by atomic mass is 10.1. The van der Waals surface area contributed by atoms with Crippen molar-refractivity contribution in [3.8, 4) is 0 Å². The minimum atomic E-state index is -4.40. The summed E-state index contributed by atoms with van der Waals surface area (Å²) >= 11 is 4.70. The number of hydrogen-bond donors (Lipinski definition) is 2. The van der Waals surface area contributed by atoms with E-state index in [0.29, 0.717) is 12.1 Å². The van der Waals surface area contributed by atoms with Crippen molar-refractivity contribution in [2.75, 3.05) is 38.5 Å². The van der Waals surface area contributed by atoms with Gasteiger partial charge in [-0.05, 0) is 43.0 Å². The topological polar surface area (TPSA) is 44.5 Å². The highest BCUT2D eigenvalue weighted by atomic mass is 32.1. The molecule has 22 heavy (non-hydrogen) atoms. The van der Waals surface area contributed by atoms with Crippen LogP contribution in [0.25, 0.3) is 0 Å². The Morgan fingerprint density at radius 2 is 1.86 bits per heavy atom. The van der Waals surface area contributed by atoms with Gasteiger partial charge in [0.1, 0.15) is 0 Å². The van der Waals surface area contributed by atoms with Crippen molar-refractivity contribution in [1.29, 1.82) is 0 Å². The SMILES string of the molecule is CN1CCN(Cc2cc(NC(N)=S)cc(C(F)(F)F)c2)CC1. The Kier molecular flexibility index (Phi) is 5.25. The van der Waals surface area contributed by atoms with Gasteiger partial charge in [0.15, 0.2) is 5.11 Å². The zero-order valence-electron chi connectivity index (χ0n) is 12.3. The summed E-state index contributed by atoms with van der Waals surface area (Å²) in [5.41, 5.74) is 5.53. The lowest BCUT2D eigenvalue weighted by molar-refractivity contribution is -0.137. The van der Waals surface area contributed by atoms with Crippen LogP contribution in [0.15, 0.2) is 18.2 Å². The first-order valence-corrected chi connectivity index (χ1v) is 7.33. The van der Waals surface area contributed by atoms with Crippen molar-refractivity contribution in [2.24, 2.45) is 5.73 Å². The molecule has 0 saturated carbocycles. The van der Waals surface area contributed by atoms with E-state index in [-0.39, 0.29) is 10.8 Å². The summed E-state index contributed by atoms with van der Waals surface area (Å²) in [6.07, 6.45) is -4.40. The average Bonchev–Trinajstić information content (AvgIpc) is 2.39. The van der Waals surface area contributed by atoms with Crippen molar-refractivity contribution in [1.82, 2.24) is 9.80 Å². The van der Waals surface area contributed by atoms with Crippen LogP contribution in [0.5, 0.6) is 0 Å². The van der Waals surface area contributed by atoms with Gasteiger partial charge >= 0.3 is 6.18 Å². The van der Waals surface area contributed by atoms with Crippen LogP contribution in [-0.4, -0.2) is 48.1 Å². The van der Waals surface area contributed by atoms with E-state index >= 15 is 0 Å². The Bertz CT molecular complexity index is 539. The molecule has 1 fully saturated rings. The number of alkyl halides is 3. The number of thiocarbonyl (C=S) groups is 1. The predicted octanol–water partition coefficient (Wildman–Crippen LogP) is 2.11. The molecule has 2 rings (SSSR count). The lowest BCUT2D eigenvalue weighted by Crippen LogP contribution is -2.43. The van der Waals surface area contributed by atoms with Gasteiger partial charge < -0.3 is 16.0 Å². The fourth-order valence-corrected chi connectivity index (χ4v) is 2.54. The van der Waals surface area contributed by atoms with Crippen molar-refractivity contribution in [2.45, 2.75) is 12.7 Å². The standard InChI is InChI=1S/C14H19F3N4S/c1-20-2-4-21(5-3-20)9-10-6-11(14(15,16)17)8-12(7-10)19-13(18)22/h6-8H,2-5,9H2,1H3,(H3,18,19,22). The van der Waals surface area contributed by atoms with Crippen LogP contribution in [0.1, 0.15) is 11.1 Å². The van der Waals surface area contributed by atoms with Gasteiger partial charge in [-0.25, -0.2) is 0 Å². The molecule has 0 radical (unpaired) electrons. The van der Waals surface area contributed by atoms with Crippen LogP contribution in [0.3, 0.4) is 0 Å². The molecule has 0 aliphatic carbocycles. The van der Waals surface area contributed by atoms with E-state index in [1.807, 2.05) is 7.05 Å². The molecule has 4 nitrogen and oxygen atoms in total. The van der Waals surface area contributed by atoms with Crippen LogP contribution in [-0.2, 0) is 12.7 Å². The maximum atomic E-state index is 13.0. The number of nitrogens with zero attached hydrogens (tertiary/aromatic N) is 2. The van der Waals surface area contributed by atoms with Crippen LogP contribution < -0.4 is 11.1 Å².